The van der Waals surface area contributed by atoms with Gasteiger partial charge in [-0.2, -0.15) is 26.3 Å². The molecule has 4 nitrogen and oxygen atoms in total. The third-order valence-electron chi connectivity index (χ3n) is 9.10. The van der Waals surface area contributed by atoms with Crippen LogP contribution in [-0.4, -0.2) is 56.7 Å². The molecule has 7 atom stereocenters. The lowest BCUT2D eigenvalue weighted by atomic mass is 9.60. The standard InChI is InChI=1S/C27H38F6O4/c1-15(11-20(35)14-25(37,26(28,29)30)27(31,32)33)21-8-9-22-17(5-4-10-24(21,22)3)6-7-18-12-19(34)13-23(36)16(18)2/h6-7,15,19-23,34-37H,2,4-5,8-14H2,1,3H3/t15-,19?,20+,21-,22+,23?,24-/m1/s1. The molecule has 0 aromatic rings. The van der Waals surface area contributed by atoms with E-state index in [1.807, 2.05) is 12.2 Å². The lowest BCUT2D eigenvalue weighted by Crippen LogP contribution is -2.58. The molecular formula is C27H38F6O4. The zero-order chi connectivity index (χ0) is 28.0. The van der Waals surface area contributed by atoms with Crippen LogP contribution in [0.15, 0.2) is 35.5 Å². The Balaban J connectivity index is 1.73. The lowest BCUT2D eigenvalue weighted by molar-refractivity contribution is -0.374. The molecule has 0 amide bonds. The largest absolute Gasteiger partial charge is 0.426 e. The molecule has 3 aliphatic rings. The van der Waals surface area contributed by atoms with E-state index in [4.69, 9.17) is 0 Å². The van der Waals surface area contributed by atoms with Gasteiger partial charge in [0.2, 0.25) is 0 Å². The quantitative estimate of drug-likeness (QED) is 0.323. The van der Waals surface area contributed by atoms with Crippen molar-refractivity contribution in [2.24, 2.45) is 23.2 Å². The summed E-state index contributed by atoms with van der Waals surface area (Å²) in [5.41, 5.74) is -2.61. The first kappa shape index (κ1) is 30.2. The van der Waals surface area contributed by atoms with Gasteiger partial charge in [0.1, 0.15) is 0 Å². The number of alkyl halides is 6. The van der Waals surface area contributed by atoms with Gasteiger partial charge in [0.25, 0.3) is 5.60 Å². The molecule has 3 rings (SSSR count). The van der Waals surface area contributed by atoms with E-state index in [2.05, 4.69) is 13.5 Å². The normalized spacial score (nSPS) is 35.6. The molecule has 37 heavy (non-hydrogen) atoms. The van der Waals surface area contributed by atoms with Crippen molar-refractivity contribution < 1.29 is 46.8 Å². The minimum absolute atomic E-state index is 0.0124. The predicted octanol–water partition coefficient (Wildman–Crippen LogP) is 5.76. The van der Waals surface area contributed by atoms with E-state index in [1.165, 1.54) is 5.57 Å². The number of hydrogen-bond donors (Lipinski definition) is 4. The van der Waals surface area contributed by atoms with Crippen molar-refractivity contribution in [3.63, 3.8) is 0 Å². The average Bonchev–Trinajstić information content (AvgIpc) is 3.11. The first-order valence-electron chi connectivity index (χ1n) is 12.9. The van der Waals surface area contributed by atoms with Gasteiger partial charge in [0, 0.05) is 12.8 Å². The Labute approximate surface area is 213 Å². The van der Waals surface area contributed by atoms with Crippen LogP contribution in [0.2, 0.25) is 0 Å². The number of fused-ring (bicyclic) bond motifs is 1. The Kier molecular flexibility index (Phi) is 8.70. The summed E-state index contributed by atoms with van der Waals surface area (Å²) in [5.74, 6) is -0.185. The molecular weight excluding hydrogens is 502 g/mol. The predicted molar refractivity (Wildman–Crippen MR) is 126 cm³/mol. The van der Waals surface area contributed by atoms with Gasteiger partial charge in [-0.3, -0.25) is 0 Å². The molecule has 0 heterocycles. The molecule has 4 N–H and O–H groups in total. The van der Waals surface area contributed by atoms with Crippen LogP contribution in [0.1, 0.15) is 71.6 Å². The highest BCUT2D eigenvalue weighted by molar-refractivity contribution is 5.38. The zero-order valence-corrected chi connectivity index (χ0v) is 21.2. The molecule has 0 aromatic heterocycles. The van der Waals surface area contributed by atoms with Gasteiger partial charge >= 0.3 is 12.4 Å². The molecule has 0 spiro atoms. The lowest BCUT2D eigenvalue weighted by Gasteiger charge is -2.45. The van der Waals surface area contributed by atoms with Crippen molar-refractivity contribution >= 4 is 0 Å². The van der Waals surface area contributed by atoms with Crippen LogP contribution in [0.3, 0.4) is 0 Å². The highest BCUT2D eigenvalue weighted by Crippen LogP contribution is 2.60. The monoisotopic (exact) mass is 540 g/mol. The van der Waals surface area contributed by atoms with Crippen molar-refractivity contribution in [2.45, 2.75) is 108 Å². The molecule has 0 bridgehead atoms. The zero-order valence-electron chi connectivity index (χ0n) is 21.2. The fourth-order valence-electron chi connectivity index (χ4n) is 7.09. The van der Waals surface area contributed by atoms with Gasteiger partial charge in [-0.05, 0) is 79.3 Å². The van der Waals surface area contributed by atoms with Gasteiger partial charge in [-0.15, -0.1) is 0 Å². The van der Waals surface area contributed by atoms with Crippen LogP contribution >= 0.6 is 0 Å². The molecule has 212 valence electrons. The van der Waals surface area contributed by atoms with Crippen molar-refractivity contribution in [1.29, 1.82) is 0 Å². The Morgan fingerprint density at radius 2 is 1.70 bits per heavy atom. The summed E-state index contributed by atoms with van der Waals surface area (Å²) >= 11 is 0. The molecule has 2 unspecified atom stereocenters. The molecule has 10 heteroatoms. The number of rotatable bonds is 6. The van der Waals surface area contributed by atoms with E-state index in [0.29, 0.717) is 12.0 Å². The topological polar surface area (TPSA) is 80.9 Å². The maximum Gasteiger partial charge on any atom is 0.426 e. The minimum Gasteiger partial charge on any atom is -0.393 e. The Bertz CT molecular complexity index is 894. The highest BCUT2D eigenvalue weighted by atomic mass is 19.4. The molecule has 0 radical (unpaired) electrons. The molecule has 0 aliphatic heterocycles. The minimum atomic E-state index is -5.95. The third kappa shape index (κ3) is 5.97. The van der Waals surface area contributed by atoms with E-state index in [-0.39, 0.29) is 36.0 Å². The van der Waals surface area contributed by atoms with E-state index >= 15 is 0 Å². The molecule has 0 saturated heterocycles. The summed E-state index contributed by atoms with van der Waals surface area (Å²) < 4.78 is 78.4. The van der Waals surface area contributed by atoms with Crippen molar-refractivity contribution in [3.05, 3.63) is 35.5 Å². The second kappa shape index (κ2) is 10.7. The van der Waals surface area contributed by atoms with Crippen LogP contribution in [-0.2, 0) is 0 Å². The average molecular weight is 541 g/mol. The van der Waals surface area contributed by atoms with Gasteiger partial charge in [0.05, 0.1) is 18.3 Å². The Hall–Kier alpha value is -1.36. The number of halogens is 6. The van der Waals surface area contributed by atoms with Crippen molar-refractivity contribution in [1.82, 2.24) is 0 Å². The van der Waals surface area contributed by atoms with Crippen LogP contribution in [0.25, 0.3) is 0 Å². The second-order valence-corrected chi connectivity index (χ2v) is 11.6. The summed E-state index contributed by atoms with van der Waals surface area (Å²) in [7, 11) is 0. The van der Waals surface area contributed by atoms with Crippen LogP contribution in [0, 0.1) is 23.2 Å². The SMILES string of the molecule is C=C1C(=CC=C2CCC[C@]3(C)[C@@H]([C@H](C)C[C@H](O)CC(O)(C(F)(F)F)C(F)(F)F)CC[C@@H]23)CC(O)CC1O. The van der Waals surface area contributed by atoms with E-state index < -0.39 is 42.7 Å². The number of aliphatic hydroxyl groups excluding tert-OH is 3. The first-order valence-corrected chi connectivity index (χ1v) is 12.9. The number of hydrogen-bond acceptors (Lipinski definition) is 4. The van der Waals surface area contributed by atoms with Gasteiger partial charge in [0.15, 0.2) is 0 Å². The Morgan fingerprint density at radius 1 is 1.08 bits per heavy atom. The smallest absolute Gasteiger partial charge is 0.393 e. The summed E-state index contributed by atoms with van der Waals surface area (Å²) in [5, 5.41) is 39.8. The van der Waals surface area contributed by atoms with E-state index in [1.54, 1.807) is 6.92 Å². The van der Waals surface area contributed by atoms with Crippen LogP contribution < -0.4 is 0 Å². The molecule has 3 aliphatic carbocycles. The molecule has 3 saturated carbocycles. The maximum atomic E-state index is 13.1. The summed E-state index contributed by atoms with van der Waals surface area (Å²) in [6, 6.07) is 0. The molecule has 3 fully saturated rings. The van der Waals surface area contributed by atoms with Gasteiger partial charge in [-0.25, -0.2) is 0 Å². The van der Waals surface area contributed by atoms with E-state index in [9.17, 15) is 46.8 Å². The summed E-state index contributed by atoms with van der Waals surface area (Å²) in [4.78, 5) is 0. The first-order chi connectivity index (χ1) is 16.9. The highest BCUT2D eigenvalue weighted by Gasteiger charge is 2.70. The summed E-state index contributed by atoms with van der Waals surface area (Å²) in [6.07, 6.45) is -8.72. The second-order valence-electron chi connectivity index (χ2n) is 11.6. The van der Waals surface area contributed by atoms with Crippen molar-refractivity contribution in [2.75, 3.05) is 0 Å². The van der Waals surface area contributed by atoms with Crippen LogP contribution in [0.5, 0.6) is 0 Å². The van der Waals surface area contributed by atoms with Gasteiger partial charge in [-0.1, -0.05) is 38.2 Å². The third-order valence-corrected chi connectivity index (χ3v) is 9.10. The van der Waals surface area contributed by atoms with Crippen LogP contribution in [0.4, 0.5) is 26.3 Å². The molecule has 0 aromatic carbocycles. The van der Waals surface area contributed by atoms with E-state index in [0.717, 1.165) is 37.7 Å². The number of allylic oxidation sites excluding steroid dienone is 3. The maximum absolute atomic E-state index is 13.1. The van der Waals surface area contributed by atoms with Crippen molar-refractivity contribution in [3.8, 4) is 0 Å². The fourth-order valence-corrected chi connectivity index (χ4v) is 7.09. The number of aliphatic hydroxyl groups is 4. The summed E-state index contributed by atoms with van der Waals surface area (Å²) in [6.45, 7) is 7.78. The Morgan fingerprint density at radius 3 is 2.30 bits per heavy atom. The van der Waals surface area contributed by atoms with Gasteiger partial charge < -0.3 is 20.4 Å². The fraction of sp³-hybridized carbons (Fsp3) is 0.778.